The van der Waals surface area contributed by atoms with Gasteiger partial charge in [0, 0.05) is 17.3 Å². The number of aryl methyl sites for hydroxylation is 4. The number of rotatable bonds is 3. The summed E-state index contributed by atoms with van der Waals surface area (Å²) in [4.78, 5) is 0. The Labute approximate surface area is 162 Å². The molecule has 0 saturated carbocycles. The third kappa shape index (κ3) is 3.71. The molecule has 3 aromatic rings. The first kappa shape index (κ1) is 19.9. The number of hydrogen-bond donors (Lipinski definition) is 2. The third-order valence-corrected chi connectivity index (χ3v) is 5.06. The van der Waals surface area contributed by atoms with E-state index < -0.39 is 0 Å². The molecule has 0 aromatic heterocycles. The molecule has 136 valence electrons. The summed E-state index contributed by atoms with van der Waals surface area (Å²) in [5.74, 6) is 0.166. The number of hydrogen-bond acceptors (Lipinski definition) is 2. The van der Waals surface area contributed by atoms with E-state index in [1.165, 1.54) is 27.8 Å². The molecule has 0 radical (unpaired) electrons. The van der Waals surface area contributed by atoms with E-state index in [1.807, 2.05) is 0 Å². The van der Waals surface area contributed by atoms with E-state index in [2.05, 4.69) is 82.3 Å². The Hall–Kier alpha value is -2.45. The van der Waals surface area contributed by atoms with Crippen molar-refractivity contribution in [2.75, 3.05) is 11.5 Å². The van der Waals surface area contributed by atoms with Gasteiger partial charge in [-0.05, 0) is 78.8 Å². The van der Waals surface area contributed by atoms with Crippen molar-refractivity contribution in [3.8, 4) is 0 Å². The van der Waals surface area contributed by atoms with E-state index in [1.54, 1.807) is 0 Å². The summed E-state index contributed by atoms with van der Waals surface area (Å²) >= 11 is 0. The molecular formula is C23H27ClN2. The van der Waals surface area contributed by atoms with Gasteiger partial charge in [0.25, 0.3) is 0 Å². The van der Waals surface area contributed by atoms with Gasteiger partial charge in [-0.25, -0.2) is 0 Å². The van der Waals surface area contributed by atoms with Crippen LogP contribution in [-0.2, 0) is 0 Å². The number of anilines is 2. The molecular weight excluding hydrogens is 340 g/mol. The molecule has 26 heavy (non-hydrogen) atoms. The van der Waals surface area contributed by atoms with Crippen molar-refractivity contribution >= 4 is 23.8 Å². The summed E-state index contributed by atoms with van der Waals surface area (Å²) in [5, 5.41) is 0. The fraction of sp³-hybridized carbons (Fsp3) is 0.217. The number of nitrogen functional groups attached to an aromatic ring is 2. The van der Waals surface area contributed by atoms with Gasteiger partial charge in [-0.2, -0.15) is 0 Å². The van der Waals surface area contributed by atoms with Crippen molar-refractivity contribution in [3.05, 3.63) is 93.5 Å². The third-order valence-electron chi connectivity index (χ3n) is 5.06. The Morgan fingerprint density at radius 3 is 1.46 bits per heavy atom. The number of halogens is 1. The highest BCUT2D eigenvalue weighted by Crippen LogP contribution is 2.38. The first-order chi connectivity index (χ1) is 11.9. The fourth-order valence-corrected chi connectivity index (χ4v) is 3.52. The largest absolute Gasteiger partial charge is 0.399 e. The summed E-state index contributed by atoms with van der Waals surface area (Å²) < 4.78 is 0. The maximum atomic E-state index is 6.12. The lowest BCUT2D eigenvalue weighted by Gasteiger charge is -2.24. The smallest absolute Gasteiger partial charge is 0.0346 e. The minimum Gasteiger partial charge on any atom is -0.399 e. The zero-order chi connectivity index (χ0) is 18.1. The van der Waals surface area contributed by atoms with Crippen LogP contribution < -0.4 is 11.5 Å². The van der Waals surface area contributed by atoms with Crippen LogP contribution in [0.3, 0.4) is 0 Å². The molecule has 2 nitrogen and oxygen atoms in total. The first-order valence-corrected chi connectivity index (χ1v) is 8.66. The van der Waals surface area contributed by atoms with Crippen molar-refractivity contribution in [1.82, 2.24) is 0 Å². The normalized spacial score (nSPS) is 10.7. The maximum absolute atomic E-state index is 6.12. The van der Waals surface area contributed by atoms with E-state index in [0.717, 1.165) is 22.5 Å². The zero-order valence-corrected chi connectivity index (χ0v) is 16.7. The molecule has 0 aliphatic rings. The van der Waals surface area contributed by atoms with Gasteiger partial charge in [-0.3, -0.25) is 0 Å². The Morgan fingerprint density at radius 2 is 1.04 bits per heavy atom. The lowest BCUT2D eigenvalue weighted by molar-refractivity contribution is 0.945. The summed E-state index contributed by atoms with van der Waals surface area (Å²) in [6, 6.07) is 19.3. The van der Waals surface area contributed by atoms with Gasteiger partial charge in [0.15, 0.2) is 0 Å². The lowest BCUT2D eigenvalue weighted by Crippen LogP contribution is -2.09. The molecule has 4 N–H and O–H groups in total. The predicted molar refractivity (Wildman–Crippen MR) is 115 cm³/mol. The molecule has 0 aliphatic heterocycles. The van der Waals surface area contributed by atoms with Crippen LogP contribution in [0.15, 0.2) is 54.6 Å². The molecule has 0 amide bonds. The minimum absolute atomic E-state index is 0. The zero-order valence-electron chi connectivity index (χ0n) is 15.8. The monoisotopic (exact) mass is 366 g/mol. The SMILES string of the molecule is Cc1cc(C(c2ccccc2)c2cc(C)c(N)cc2C)c(C)cc1N.Cl. The predicted octanol–water partition coefficient (Wildman–Crippen LogP) is 5.69. The minimum atomic E-state index is 0. The van der Waals surface area contributed by atoms with Crippen LogP contribution >= 0.6 is 12.4 Å². The van der Waals surface area contributed by atoms with E-state index in [0.29, 0.717) is 0 Å². The van der Waals surface area contributed by atoms with E-state index >= 15 is 0 Å². The second kappa shape index (κ2) is 7.84. The van der Waals surface area contributed by atoms with Gasteiger partial charge in [0.05, 0.1) is 0 Å². The van der Waals surface area contributed by atoms with Gasteiger partial charge >= 0.3 is 0 Å². The van der Waals surface area contributed by atoms with Crippen molar-refractivity contribution in [1.29, 1.82) is 0 Å². The van der Waals surface area contributed by atoms with Crippen LogP contribution in [0.25, 0.3) is 0 Å². The van der Waals surface area contributed by atoms with Gasteiger partial charge in [0.2, 0.25) is 0 Å². The average molecular weight is 367 g/mol. The number of nitrogens with two attached hydrogens (primary N) is 2. The van der Waals surface area contributed by atoms with E-state index in [9.17, 15) is 0 Å². The van der Waals surface area contributed by atoms with Crippen LogP contribution in [0.5, 0.6) is 0 Å². The van der Waals surface area contributed by atoms with Crippen LogP contribution in [0.1, 0.15) is 44.9 Å². The standard InChI is InChI=1S/C23H26N2.ClH/c1-14-12-21(24)16(3)10-19(14)23(18-8-6-5-7-9-18)20-11-17(4)22(25)13-15(20)2;/h5-13,23H,24-25H2,1-4H3;1H. The quantitative estimate of drug-likeness (QED) is 0.462. The Bertz CT molecular complexity index is 860. The Kier molecular flexibility index (Phi) is 5.99. The van der Waals surface area contributed by atoms with Crippen molar-refractivity contribution in [3.63, 3.8) is 0 Å². The molecule has 0 saturated heterocycles. The van der Waals surface area contributed by atoms with Crippen molar-refractivity contribution in [2.45, 2.75) is 33.6 Å². The molecule has 0 unspecified atom stereocenters. The molecule has 3 rings (SSSR count). The maximum Gasteiger partial charge on any atom is 0.0346 e. The van der Waals surface area contributed by atoms with E-state index in [-0.39, 0.29) is 18.3 Å². The molecule has 0 fully saturated rings. The van der Waals surface area contributed by atoms with Crippen molar-refractivity contribution < 1.29 is 0 Å². The molecule has 0 aliphatic carbocycles. The lowest BCUT2D eigenvalue weighted by atomic mass is 9.80. The molecule has 0 spiro atoms. The summed E-state index contributed by atoms with van der Waals surface area (Å²) in [6.45, 7) is 8.42. The molecule has 0 atom stereocenters. The molecule has 3 aromatic carbocycles. The highest BCUT2D eigenvalue weighted by molar-refractivity contribution is 5.85. The first-order valence-electron chi connectivity index (χ1n) is 8.66. The van der Waals surface area contributed by atoms with Gasteiger partial charge < -0.3 is 11.5 Å². The van der Waals surface area contributed by atoms with Gasteiger partial charge in [0.1, 0.15) is 0 Å². The highest BCUT2D eigenvalue weighted by Gasteiger charge is 2.21. The summed E-state index contributed by atoms with van der Waals surface area (Å²) in [5.41, 5.74) is 22.5. The second-order valence-electron chi connectivity index (χ2n) is 6.97. The van der Waals surface area contributed by atoms with E-state index in [4.69, 9.17) is 11.5 Å². The van der Waals surface area contributed by atoms with Crippen LogP contribution in [-0.4, -0.2) is 0 Å². The van der Waals surface area contributed by atoms with Crippen LogP contribution in [0.2, 0.25) is 0 Å². The Morgan fingerprint density at radius 1 is 0.615 bits per heavy atom. The van der Waals surface area contributed by atoms with Crippen LogP contribution in [0.4, 0.5) is 11.4 Å². The summed E-state index contributed by atoms with van der Waals surface area (Å²) in [7, 11) is 0. The summed E-state index contributed by atoms with van der Waals surface area (Å²) in [6.07, 6.45) is 0. The second-order valence-corrected chi connectivity index (χ2v) is 6.97. The topological polar surface area (TPSA) is 52.0 Å². The molecule has 0 heterocycles. The van der Waals surface area contributed by atoms with Gasteiger partial charge in [-0.1, -0.05) is 42.5 Å². The highest BCUT2D eigenvalue weighted by atomic mass is 35.5. The fourth-order valence-electron chi connectivity index (χ4n) is 3.52. The average Bonchev–Trinajstić information content (AvgIpc) is 2.58. The number of benzene rings is 3. The van der Waals surface area contributed by atoms with Crippen molar-refractivity contribution in [2.24, 2.45) is 0 Å². The Balaban J connectivity index is 0.00000243. The van der Waals surface area contributed by atoms with Crippen LogP contribution in [0, 0.1) is 27.7 Å². The molecule has 3 heteroatoms. The molecule has 0 bridgehead atoms. The van der Waals surface area contributed by atoms with Gasteiger partial charge in [-0.15, -0.1) is 12.4 Å².